The summed E-state index contributed by atoms with van der Waals surface area (Å²) in [6.07, 6.45) is 0.0815. The van der Waals surface area contributed by atoms with Crippen molar-refractivity contribution in [3.8, 4) is 0 Å². The average molecular weight is 205 g/mol. The average Bonchev–Trinajstić information content (AvgIpc) is 2.68. The third-order valence-electron chi connectivity index (χ3n) is 2.99. The second kappa shape index (κ2) is 4.33. The molecule has 1 aliphatic rings. The number of ether oxygens (including phenoxy) is 1. The van der Waals surface area contributed by atoms with Gasteiger partial charge in [0, 0.05) is 6.04 Å². The third kappa shape index (κ3) is 2.39. The maximum absolute atomic E-state index is 5.74. The van der Waals surface area contributed by atoms with Crippen LogP contribution < -0.4 is 5.32 Å². The molecular weight excluding hydrogens is 186 g/mol. The molecule has 2 heteroatoms. The topological polar surface area (TPSA) is 21.3 Å². The number of benzene rings is 1. The van der Waals surface area contributed by atoms with E-state index in [2.05, 4.69) is 50.4 Å². The van der Waals surface area contributed by atoms with Gasteiger partial charge in [-0.15, -0.1) is 0 Å². The Balaban J connectivity index is 2.04. The highest BCUT2D eigenvalue weighted by atomic mass is 16.5. The summed E-state index contributed by atoms with van der Waals surface area (Å²) in [5, 5.41) is 3.50. The first-order chi connectivity index (χ1) is 7.16. The van der Waals surface area contributed by atoms with E-state index < -0.39 is 0 Å². The second-order valence-corrected chi connectivity index (χ2v) is 4.64. The van der Waals surface area contributed by atoms with Gasteiger partial charge in [0.1, 0.15) is 6.23 Å². The van der Waals surface area contributed by atoms with Gasteiger partial charge in [0.05, 0.1) is 6.61 Å². The highest BCUT2D eigenvalue weighted by Gasteiger charge is 2.27. The first-order valence-electron chi connectivity index (χ1n) is 5.61. The molecule has 2 atom stereocenters. The molecule has 0 spiro atoms. The lowest BCUT2D eigenvalue weighted by Crippen LogP contribution is -2.30. The minimum Gasteiger partial charge on any atom is -0.357 e. The zero-order valence-electron chi connectivity index (χ0n) is 9.66. The van der Waals surface area contributed by atoms with Crippen LogP contribution in [-0.4, -0.2) is 12.6 Å². The quantitative estimate of drug-likeness (QED) is 0.801. The molecule has 2 nitrogen and oxygen atoms in total. The van der Waals surface area contributed by atoms with Gasteiger partial charge in [-0.25, -0.2) is 0 Å². The molecule has 0 amide bonds. The van der Waals surface area contributed by atoms with Crippen molar-refractivity contribution in [3.05, 3.63) is 35.4 Å². The molecule has 15 heavy (non-hydrogen) atoms. The SMILES string of the molecule is Cc1ccc([C@H]2N[C@@H](C(C)C)CO2)cc1. The number of rotatable bonds is 2. The summed E-state index contributed by atoms with van der Waals surface area (Å²) in [6, 6.07) is 9.01. The van der Waals surface area contributed by atoms with Crippen molar-refractivity contribution >= 4 is 0 Å². The summed E-state index contributed by atoms with van der Waals surface area (Å²) >= 11 is 0. The molecule has 1 aromatic rings. The van der Waals surface area contributed by atoms with Gasteiger partial charge in [-0.3, -0.25) is 5.32 Å². The van der Waals surface area contributed by atoms with E-state index in [9.17, 15) is 0 Å². The summed E-state index contributed by atoms with van der Waals surface area (Å²) in [5.41, 5.74) is 2.51. The Kier molecular flexibility index (Phi) is 3.08. The van der Waals surface area contributed by atoms with E-state index in [1.165, 1.54) is 11.1 Å². The number of aryl methyl sites for hydroxylation is 1. The molecule has 0 radical (unpaired) electrons. The Hall–Kier alpha value is -0.860. The molecule has 1 saturated heterocycles. The molecule has 1 aliphatic heterocycles. The predicted octanol–water partition coefficient (Wildman–Crippen LogP) is 2.64. The lowest BCUT2D eigenvalue weighted by molar-refractivity contribution is 0.0999. The van der Waals surface area contributed by atoms with Gasteiger partial charge in [0.25, 0.3) is 0 Å². The van der Waals surface area contributed by atoms with Gasteiger partial charge < -0.3 is 4.74 Å². The molecule has 0 bridgehead atoms. The first-order valence-corrected chi connectivity index (χ1v) is 5.61. The maximum Gasteiger partial charge on any atom is 0.134 e. The van der Waals surface area contributed by atoms with E-state index in [1.54, 1.807) is 0 Å². The van der Waals surface area contributed by atoms with Crippen LogP contribution in [0.2, 0.25) is 0 Å². The van der Waals surface area contributed by atoms with Crippen LogP contribution in [0.15, 0.2) is 24.3 Å². The minimum absolute atomic E-state index is 0.0815. The molecule has 2 rings (SSSR count). The molecular formula is C13H19NO. The van der Waals surface area contributed by atoms with Crippen molar-refractivity contribution in [1.29, 1.82) is 0 Å². The van der Waals surface area contributed by atoms with Crippen molar-refractivity contribution in [2.75, 3.05) is 6.61 Å². The lowest BCUT2D eigenvalue weighted by Gasteiger charge is -2.15. The highest BCUT2D eigenvalue weighted by Crippen LogP contribution is 2.23. The van der Waals surface area contributed by atoms with Crippen molar-refractivity contribution in [3.63, 3.8) is 0 Å². The van der Waals surface area contributed by atoms with Gasteiger partial charge in [-0.2, -0.15) is 0 Å². The predicted molar refractivity (Wildman–Crippen MR) is 61.6 cm³/mol. The van der Waals surface area contributed by atoms with E-state index in [0.29, 0.717) is 12.0 Å². The summed E-state index contributed by atoms with van der Waals surface area (Å²) < 4.78 is 5.74. The van der Waals surface area contributed by atoms with Crippen molar-refractivity contribution in [2.24, 2.45) is 5.92 Å². The zero-order chi connectivity index (χ0) is 10.8. The first kappa shape index (κ1) is 10.7. The minimum atomic E-state index is 0.0815. The van der Waals surface area contributed by atoms with Crippen LogP contribution >= 0.6 is 0 Å². The Bertz CT molecular complexity index is 318. The van der Waals surface area contributed by atoms with Crippen LogP contribution in [0, 0.1) is 12.8 Å². The number of nitrogens with one attached hydrogen (secondary N) is 1. The summed E-state index contributed by atoms with van der Waals surface area (Å²) in [5.74, 6) is 0.625. The molecule has 0 unspecified atom stereocenters. The van der Waals surface area contributed by atoms with Crippen molar-refractivity contribution in [2.45, 2.75) is 33.0 Å². The summed E-state index contributed by atoms with van der Waals surface area (Å²) in [4.78, 5) is 0. The normalized spacial score (nSPS) is 26.1. The second-order valence-electron chi connectivity index (χ2n) is 4.64. The fraction of sp³-hybridized carbons (Fsp3) is 0.538. The van der Waals surface area contributed by atoms with E-state index >= 15 is 0 Å². The van der Waals surface area contributed by atoms with E-state index in [4.69, 9.17) is 4.74 Å². The Morgan fingerprint density at radius 3 is 2.47 bits per heavy atom. The highest BCUT2D eigenvalue weighted by molar-refractivity contribution is 5.23. The number of hydrogen-bond donors (Lipinski definition) is 1. The lowest BCUT2D eigenvalue weighted by atomic mass is 10.1. The zero-order valence-corrected chi connectivity index (χ0v) is 9.66. The van der Waals surface area contributed by atoms with Crippen LogP contribution in [0.3, 0.4) is 0 Å². The Morgan fingerprint density at radius 1 is 1.27 bits per heavy atom. The van der Waals surface area contributed by atoms with E-state index in [-0.39, 0.29) is 6.23 Å². The van der Waals surface area contributed by atoms with E-state index in [1.807, 2.05) is 0 Å². The fourth-order valence-electron chi connectivity index (χ4n) is 1.81. The maximum atomic E-state index is 5.74. The molecule has 0 aromatic heterocycles. The summed E-state index contributed by atoms with van der Waals surface area (Å²) in [7, 11) is 0. The van der Waals surface area contributed by atoms with Gasteiger partial charge in [-0.05, 0) is 18.4 Å². The Labute approximate surface area is 91.6 Å². The standard InChI is InChI=1S/C13H19NO/c1-9(2)12-8-15-13(14-12)11-6-4-10(3)5-7-11/h4-7,9,12-14H,8H2,1-3H3/t12-,13+/m1/s1. The van der Waals surface area contributed by atoms with Crippen molar-refractivity contribution < 1.29 is 4.74 Å². The van der Waals surface area contributed by atoms with Gasteiger partial charge in [-0.1, -0.05) is 43.7 Å². The Morgan fingerprint density at radius 2 is 1.93 bits per heavy atom. The van der Waals surface area contributed by atoms with Gasteiger partial charge >= 0.3 is 0 Å². The van der Waals surface area contributed by atoms with Gasteiger partial charge in [0.15, 0.2) is 0 Å². The van der Waals surface area contributed by atoms with Gasteiger partial charge in [0.2, 0.25) is 0 Å². The van der Waals surface area contributed by atoms with Crippen LogP contribution in [0.1, 0.15) is 31.2 Å². The molecule has 1 aromatic carbocycles. The monoisotopic (exact) mass is 205 g/mol. The largest absolute Gasteiger partial charge is 0.357 e. The molecule has 82 valence electrons. The summed E-state index contributed by atoms with van der Waals surface area (Å²) in [6.45, 7) is 7.36. The van der Waals surface area contributed by atoms with Crippen LogP contribution in [0.5, 0.6) is 0 Å². The van der Waals surface area contributed by atoms with Crippen LogP contribution in [0.25, 0.3) is 0 Å². The molecule has 1 N–H and O–H groups in total. The van der Waals surface area contributed by atoms with E-state index in [0.717, 1.165) is 6.61 Å². The van der Waals surface area contributed by atoms with Crippen LogP contribution in [0.4, 0.5) is 0 Å². The van der Waals surface area contributed by atoms with Crippen molar-refractivity contribution in [1.82, 2.24) is 5.32 Å². The third-order valence-corrected chi connectivity index (χ3v) is 2.99. The fourth-order valence-corrected chi connectivity index (χ4v) is 1.81. The smallest absolute Gasteiger partial charge is 0.134 e. The van der Waals surface area contributed by atoms with Crippen LogP contribution in [-0.2, 0) is 4.74 Å². The molecule has 1 heterocycles. The number of hydrogen-bond acceptors (Lipinski definition) is 2. The molecule has 1 fully saturated rings. The molecule has 0 saturated carbocycles. The molecule has 0 aliphatic carbocycles.